The summed E-state index contributed by atoms with van der Waals surface area (Å²) in [5, 5.41) is 9.35. The molecule has 0 radical (unpaired) electrons. The number of aryl methyl sites for hydroxylation is 1. The van der Waals surface area contributed by atoms with Crippen LogP contribution in [0.2, 0.25) is 0 Å². The number of aromatic nitrogens is 3. The zero-order valence-corrected chi connectivity index (χ0v) is 14.4. The number of imidazole rings is 1. The molecule has 130 valence electrons. The Kier molecular flexibility index (Phi) is 4.76. The van der Waals surface area contributed by atoms with E-state index in [-0.39, 0.29) is 6.61 Å². The number of rotatable bonds is 6. The Morgan fingerprint density at radius 3 is 3.04 bits per heavy atom. The molecule has 0 saturated heterocycles. The van der Waals surface area contributed by atoms with Gasteiger partial charge in [-0.2, -0.15) is 0 Å². The van der Waals surface area contributed by atoms with Crippen LogP contribution in [0.15, 0.2) is 48.9 Å². The summed E-state index contributed by atoms with van der Waals surface area (Å²) in [6.07, 6.45) is 10.0. The van der Waals surface area contributed by atoms with E-state index in [2.05, 4.69) is 43.5 Å². The van der Waals surface area contributed by atoms with Gasteiger partial charge < -0.3 is 5.11 Å². The first-order valence-corrected chi connectivity index (χ1v) is 9.06. The Bertz CT molecular complexity index is 844. The highest BCUT2D eigenvalue weighted by Gasteiger charge is 2.26. The molecule has 25 heavy (non-hydrogen) atoms. The van der Waals surface area contributed by atoms with Crippen molar-refractivity contribution in [3.8, 4) is 0 Å². The standard InChI is InChI=1S/C20H24N4O/c25-13-5-11-23(15-17-14-22-20-21-10-4-12-24(17)20)19-9-3-7-16-6-1-2-8-18(16)19/h1-2,4,6,8,10,12,14,19,25H,3,5,7,9,11,13,15H2. The summed E-state index contributed by atoms with van der Waals surface area (Å²) in [4.78, 5) is 11.2. The van der Waals surface area contributed by atoms with Crippen LogP contribution >= 0.6 is 0 Å². The molecule has 1 atom stereocenters. The van der Waals surface area contributed by atoms with Crippen LogP contribution in [0.4, 0.5) is 0 Å². The highest BCUT2D eigenvalue weighted by atomic mass is 16.3. The second-order valence-corrected chi connectivity index (χ2v) is 6.69. The van der Waals surface area contributed by atoms with E-state index in [0.29, 0.717) is 6.04 Å². The van der Waals surface area contributed by atoms with Crippen molar-refractivity contribution >= 4 is 5.78 Å². The van der Waals surface area contributed by atoms with Gasteiger partial charge in [-0.05, 0) is 42.9 Å². The maximum absolute atomic E-state index is 9.35. The summed E-state index contributed by atoms with van der Waals surface area (Å²) in [6, 6.07) is 11.1. The van der Waals surface area contributed by atoms with Gasteiger partial charge in [0.2, 0.25) is 5.78 Å². The molecular formula is C20H24N4O. The Hall–Kier alpha value is -2.24. The highest BCUT2D eigenvalue weighted by Crippen LogP contribution is 2.35. The smallest absolute Gasteiger partial charge is 0.233 e. The average Bonchev–Trinajstić information content (AvgIpc) is 3.08. The quantitative estimate of drug-likeness (QED) is 0.752. The predicted octanol–water partition coefficient (Wildman–Crippen LogP) is 2.99. The van der Waals surface area contributed by atoms with Gasteiger partial charge >= 0.3 is 0 Å². The van der Waals surface area contributed by atoms with Gasteiger partial charge in [0.15, 0.2) is 0 Å². The summed E-state index contributed by atoms with van der Waals surface area (Å²) in [7, 11) is 0. The Morgan fingerprint density at radius 1 is 1.20 bits per heavy atom. The number of aliphatic hydroxyl groups is 1. The van der Waals surface area contributed by atoms with E-state index >= 15 is 0 Å². The Labute approximate surface area is 148 Å². The predicted molar refractivity (Wildman–Crippen MR) is 97.2 cm³/mol. The fourth-order valence-electron chi connectivity index (χ4n) is 3.93. The minimum atomic E-state index is 0.222. The third-order valence-corrected chi connectivity index (χ3v) is 5.11. The highest BCUT2D eigenvalue weighted by molar-refractivity contribution is 5.33. The molecule has 0 fully saturated rings. The lowest BCUT2D eigenvalue weighted by Gasteiger charge is -2.35. The maximum atomic E-state index is 9.35. The number of hydrogen-bond acceptors (Lipinski definition) is 4. The van der Waals surface area contributed by atoms with Gasteiger partial charge in [-0.25, -0.2) is 9.97 Å². The van der Waals surface area contributed by atoms with Crippen molar-refractivity contribution in [2.45, 2.75) is 38.3 Å². The first-order valence-electron chi connectivity index (χ1n) is 9.06. The molecule has 0 spiro atoms. The van der Waals surface area contributed by atoms with Crippen molar-refractivity contribution < 1.29 is 5.11 Å². The molecule has 2 aromatic heterocycles. The largest absolute Gasteiger partial charge is 0.396 e. The molecule has 3 aromatic rings. The van der Waals surface area contributed by atoms with Crippen LogP contribution in [0.3, 0.4) is 0 Å². The first kappa shape index (κ1) is 16.2. The minimum Gasteiger partial charge on any atom is -0.396 e. The fraction of sp³-hybridized carbons (Fsp3) is 0.400. The monoisotopic (exact) mass is 336 g/mol. The zero-order valence-electron chi connectivity index (χ0n) is 14.4. The second-order valence-electron chi connectivity index (χ2n) is 6.69. The second kappa shape index (κ2) is 7.33. The van der Waals surface area contributed by atoms with Crippen molar-refractivity contribution in [3.63, 3.8) is 0 Å². The molecule has 1 aliphatic rings. The molecule has 4 rings (SSSR count). The Morgan fingerprint density at radius 2 is 2.12 bits per heavy atom. The minimum absolute atomic E-state index is 0.222. The summed E-state index contributed by atoms with van der Waals surface area (Å²) in [5.41, 5.74) is 4.05. The first-order chi connectivity index (χ1) is 12.4. The van der Waals surface area contributed by atoms with E-state index in [9.17, 15) is 5.11 Å². The molecular weight excluding hydrogens is 312 g/mol. The SMILES string of the molecule is OCCCN(Cc1cnc2ncccn12)C1CCCc2ccccc21. The average molecular weight is 336 g/mol. The van der Waals surface area contributed by atoms with E-state index in [4.69, 9.17) is 0 Å². The number of fused-ring (bicyclic) bond motifs is 2. The van der Waals surface area contributed by atoms with Crippen molar-refractivity contribution in [1.82, 2.24) is 19.3 Å². The maximum Gasteiger partial charge on any atom is 0.233 e. The van der Waals surface area contributed by atoms with Crippen LogP contribution in [0, 0.1) is 0 Å². The van der Waals surface area contributed by atoms with Gasteiger partial charge in [-0.1, -0.05) is 24.3 Å². The van der Waals surface area contributed by atoms with Gasteiger partial charge in [0.25, 0.3) is 0 Å². The van der Waals surface area contributed by atoms with Gasteiger partial charge in [-0.3, -0.25) is 9.30 Å². The topological polar surface area (TPSA) is 53.7 Å². The van der Waals surface area contributed by atoms with E-state index in [1.807, 2.05) is 18.5 Å². The van der Waals surface area contributed by atoms with Crippen LogP contribution in [0.1, 0.15) is 42.1 Å². The summed E-state index contributed by atoms with van der Waals surface area (Å²) < 4.78 is 2.06. The molecule has 1 aromatic carbocycles. The van der Waals surface area contributed by atoms with Crippen LogP contribution in [0.5, 0.6) is 0 Å². The van der Waals surface area contributed by atoms with Gasteiger partial charge in [-0.15, -0.1) is 0 Å². The van der Waals surface area contributed by atoms with E-state index in [0.717, 1.165) is 37.4 Å². The normalized spacial score (nSPS) is 17.1. The van der Waals surface area contributed by atoms with Gasteiger partial charge in [0.05, 0.1) is 11.9 Å². The van der Waals surface area contributed by atoms with Crippen LogP contribution in [0.25, 0.3) is 5.78 Å². The molecule has 0 bridgehead atoms. The summed E-state index contributed by atoms with van der Waals surface area (Å²) in [6.45, 7) is 1.91. The number of hydrogen-bond donors (Lipinski definition) is 1. The van der Waals surface area contributed by atoms with Crippen molar-refractivity contribution in [2.75, 3.05) is 13.2 Å². The van der Waals surface area contributed by atoms with Crippen LogP contribution in [-0.4, -0.2) is 37.5 Å². The molecule has 1 aliphatic carbocycles. The van der Waals surface area contributed by atoms with Gasteiger partial charge in [0, 0.05) is 38.1 Å². The van der Waals surface area contributed by atoms with Crippen molar-refractivity contribution in [2.24, 2.45) is 0 Å². The summed E-state index contributed by atoms with van der Waals surface area (Å²) in [5.74, 6) is 0.739. The van der Waals surface area contributed by atoms with E-state index in [1.54, 1.807) is 6.20 Å². The lowest BCUT2D eigenvalue weighted by Crippen LogP contribution is -2.32. The number of nitrogens with zero attached hydrogens (tertiary/aromatic N) is 4. The van der Waals surface area contributed by atoms with Crippen molar-refractivity contribution in [1.29, 1.82) is 0 Å². The third-order valence-electron chi connectivity index (χ3n) is 5.11. The lowest BCUT2D eigenvalue weighted by molar-refractivity contribution is 0.150. The van der Waals surface area contributed by atoms with Crippen molar-refractivity contribution in [3.05, 3.63) is 65.7 Å². The molecule has 1 N–H and O–H groups in total. The molecule has 5 heteroatoms. The summed E-state index contributed by atoms with van der Waals surface area (Å²) >= 11 is 0. The zero-order chi connectivity index (χ0) is 17.1. The molecule has 0 amide bonds. The number of benzene rings is 1. The lowest BCUT2D eigenvalue weighted by atomic mass is 9.86. The van der Waals surface area contributed by atoms with E-state index in [1.165, 1.54) is 24.0 Å². The molecule has 0 aliphatic heterocycles. The van der Waals surface area contributed by atoms with E-state index < -0.39 is 0 Å². The third kappa shape index (κ3) is 3.30. The molecule has 0 saturated carbocycles. The van der Waals surface area contributed by atoms with Crippen LogP contribution in [-0.2, 0) is 13.0 Å². The molecule has 2 heterocycles. The number of aliphatic hydroxyl groups excluding tert-OH is 1. The fourth-order valence-corrected chi connectivity index (χ4v) is 3.93. The molecule has 1 unspecified atom stereocenters. The Balaban J connectivity index is 1.65. The molecule has 5 nitrogen and oxygen atoms in total. The van der Waals surface area contributed by atoms with Crippen LogP contribution < -0.4 is 0 Å². The van der Waals surface area contributed by atoms with Gasteiger partial charge in [0.1, 0.15) is 0 Å².